The van der Waals surface area contributed by atoms with Crippen molar-refractivity contribution in [1.29, 1.82) is 0 Å². The highest BCUT2D eigenvalue weighted by Crippen LogP contribution is 2.33. The van der Waals surface area contributed by atoms with Gasteiger partial charge in [-0.05, 0) is 65.8 Å². The maximum absolute atomic E-state index is 13.2. The zero-order chi connectivity index (χ0) is 25.8. The number of aromatic nitrogens is 5. The molecule has 37 heavy (non-hydrogen) atoms. The molecule has 2 heterocycles. The summed E-state index contributed by atoms with van der Waals surface area (Å²) in [6, 6.07) is 16.7. The Kier molecular flexibility index (Phi) is 7.65. The van der Waals surface area contributed by atoms with Gasteiger partial charge in [0.15, 0.2) is 5.82 Å². The lowest BCUT2D eigenvalue weighted by atomic mass is 9.95. The molecule has 194 valence electrons. The smallest absolute Gasteiger partial charge is 0.252 e. The van der Waals surface area contributed by atoms with Crippen molar-refractivity contribution in [1.82, 2.24) is 30.1 Å². The summed E-state index contributed by atoms with van der Waals surface area (Å²) in [6.07, 6.45) is 6.76. The van der Waals surface area contributed by atoms with Crippen LogP contribution < -0.4 is 10.3 Å². The lowest BCUT2D eigenvalue weighted by molar-refractivity contribution is 0.155. The monoisotopic (exact) mass is 500 g/mol. The predicted molar refractivity (Wildman–Crippen MR) is 145 cm³/mol. The average Bonchev–Trinajstić information content (AvgIpc) is 3.40. The van der Waals surface area contributed by atoms with E-state index in [1.807, 2.05) is 24.3 Å². The van der Waals surface area contributed by atoms with Gasteiger partial charge in [-0.3, -0.25) is 9.69 Å². The van der Waals surface area contributed by atoms with Gasteiger partial charge in [0.05, 0.1) is 24.7 Å². The summed E-state index contributed by atoms with van der Waals surface area (Å²) < 4.78 is 7.39. The summed E-state index contributed by atoms with van der Waals surface area (Å²) in [6.45, 7) is 5.44. The highest BCUT2D eigenvalue weighted by molar-refractivity contribution is 5.80. The molecular weight excluding hydrogens is 464 g/mol. The molecule has 0 aliphatic heterocycles. The van der Waals surface area contributed by atoms with Crippen molar-refractivity contribution >= 4 is 10.9 Å². The van der Waals surface area contributed by atoms with E-state index in [4.69, 9.17) is 4.74 Å². The van der Waals surface area contributed by atoms with E-state index >= 15 is 0 Å². The zero-order valence-corrected chi connectivity index (χ0v) is 22.0. The fraction of sp³-hybridized carbons (Fsp3) is 0.448. The number of pyridine rings is 1. The van der Waals surface area contributed by atoms with Crippen molar-refractivity contribution < 1.29 is 4.74 Å². The average molecular weight is 501 g/mol. The van der Waals surface area contributed by atoms with Crippen LogP contribution in [-0.4, -0.2) is 37.2 Å². The van der Waals surface area contributed by atoms with E-state index in [1.165, 1.54) is 30.4 Å². The number of nitrogens with one attached hydrogen (secondary N) is 1. The molecule has 4 aromatic rings. The molecule has 0 saturated heterocycles. The van der Waals surface area contributed by atoms with Crippen LogP contribution in [0.1, 0.15) is 80.0 Å². The van der Waals surface area contributed by atoms with Crippen molar-refractivity contribution in [2.24, 2.45) is 0 Å². The minimum absolute atomic E-state index is 0.0239. The quantitative estimate of drug-likeness (QED) is 0.327. The molecule has 0 bridgehead atoms. The first-order chi connectivity index (χ1) is 18.1. The minimum Gasteiger partial charge on any atom is -0.497 e. The Morgan fingerprint density at radius 1 is 1.08 bits per heavy atom. The van der Waals surface area contributed by atoms with Crippen LogP contribution in [0.2, 0.25) is 0 Å². The number of hydrogen-bond acceptors (Lipinski definition) is 6. The number of tetrazole rings is 1. The number of rotatable bonds is 9. The minimum atomic E-state index is -0.0867. The molecule has 1 N–H and O–H groups in total. The largest absolute Gasteiger partial charge is 0.497 e. The van der Waals surface area contributed by atoms with Gasteiger partial charge in [-0.2, -0.15) is 0 Å². The molecule has 0 radical (unpaired) electrons. The topological polar surface area (TPSA) is 88.9 Å². The zero-order valence-electron chi connectivity index (χ0n) is 22.0. The summed E-state index contributed by atoms with van der Waals surface area (Å²) >= 11 is 0. The first-order valence-electron chi connectivity index (χ1n) is 13.3. The van der Waals surface area contributed by atoms with Gasteiger partial charge in [-0.25, -0.2) is 4.68 Å². The Balaban J connectivity index is 1.51. The summed E-state index contributed by atoms with van der Waals surface area (Å²) in [5.41, 5.74) is 3.83. The van der Waals surface area contributed by atoms with Crippen LogP contribution in [-0.2, 0) is 13.1 Å². The number of fused-ring (bicyclic) bond motifs is 1. The second-order valence-corrected chi connectivity index (χ2v) is 10.2. The molecule has 2 aromatic heterocycles. The first-order valence-corrected chi connectivity index (χ1v) is 13.3. The maximum atomic E-state index is 13.2. The van der Waals surface area contributed by atoms with Crippen LogP contribution in [0.25, 0.3) is 10.9 Å². The Bertz CT molecular complexity index is 1390. The number of H-pyrrole nitrogens is 1. The van der Waals surface area contributed by atoms with Crippen molar-refractivity contribution in [3.8, 4) is 5.75 Å². The van der Waals surface area contributed by atoms with Crippen molar-refractivity contribution in [3.05, 3.63) is 81.4 Å². The van der Waals surface area contributed by atoms with Gasteiger partial charge < -0.3 is 9.72 Å². The second-order valence-electron chi connectivity index (χ2n) is 10.2. The number of ether oxygens (including phenoxy) is 1. The fourth-order valence-electron chi connectivity index (χ4n) is 5.50. The van der Waals surface area contributed by atoms with E-state index in [1.54, 1.807) is 7.11 Å². The number of aryl methyl sites for hydroxylation is 1. The van der Waals surface area contributed by atoms with E-state index in [-0.39, 0.29) is 11.6 Å². The van der Waals surface area contributed by atoms with E-state index in [2.05, 4.69) is 68.2 Å². The van der Waals surface area contributed by atoms with Crippen LogP contribution in [0.4, 0.5) is 0 Å². The molecule has 2 aromatic carbocycles. The molecule has 8 heteroatoms. The van der Waals surface area contributed by atoms with Gasteiger partial charge in [-0.15, -0.1) is 5.10 Å². The molecular formula is C29H36N6O2. The second kappa shape index (κ2) is 11.3. The number of aromatic amines is 1. The predicted octanol–water partition coefficient (Wildman–Crippen LogP) is 5.49. The van der Waals surface area contributed by atoms with Crippen LogP contribution in [0.5, 0.6) is 5.75 Å². The molecule has 1 atom stereocenters. The Labute approximate surface area is 217 Å². The molecule has 1 aliphatic rings. The molecule has 0 spiro atoms. The number of methoxy groups -OCH3 is 1. The number of benzene rings is 2. The molecule has 8 nitrogen and oxygen atoms in total. The van der Waals surface area contributed by atoms with E-state index < -0.39 is 0 Å². The standard InChI is InChI=1S/C29H36N6O2/c1-4-27(28-31-32-33-35(28)24-8-6-5-7-9-24)34(18-21-12-10-20(2)11-13-21)19-23-16-22-14-15-25(37-3)17-26(22)30-29(23)36/h10-17,24,27H,4-9,18-19H2,1-3H3,(H,30,36). The number of hydrogen-bond donors (Lipinski definition) is 1. The van der Waals surface area contributed by atoms with Gasteiger partial charge in [0.25, 0.3) is 5.56 Å². The summed E-state index contributed by atoms with van der Waals surface area (Å²) in [5.74, 6) is 1.61. The van der Waals surface area contributed by atoms with Crippen molar-refractivity contribution in [2.45, 2.75) is 77.5 Å². The third-order valence-corrected chi connectivity index (χ3v) is 7.57. The molecule has 5 rings (SSSR count). The van der Waals surface area contributed by atoms with Crippen molar-refractivity contribution in [3.63, 3.8) is 0 Å². The summed E-state index contributed by atoms with van der Waals surface area (Å²) in [5, 5.41) is 14.1. The third-order valence-electron chi connectivity index (χ3n) is 7.57. The Morgan fingerprint density at radius 3 is 2.59 bits per heavy atom. The fourth-order valence-corrected chi connectivity index (χ4v) is 5.50. The summed E-state index contributed by atoms with van der Waals surface area (Å²) in [4.78, 5) is 18.6. The lowest BCUT2D eigenvalue weighted by Gasteiger charge is -2.32. The van der Waals surface area contributed by atoms with Gasteiger partial charge in [0.2, 0.25) is 0 Å². The SMILES string of the molecule is CCC(c1nnnn1C1CCCCC1)N(Cc1ccc(C)cc1)Cc1cc2ccc(OC)cc2[nH]c1=O. The molecule has 1 unspecified atom stereocenters. The Morgan fingerprint density at radius 2 is 1.86 bits per heavy atom. The van der Waals surface area contributed by atoms with Crippen LogP contribution in [0.3, 0.4) is 0 Å². The van der Waals surface area contributed by atoms with Crippen LogP contribution >= 0.6 is 0 Å². The normalized spacial score (nSPS) is 15.4. The van der Waals surface area contributed by atoms with Crippen LogP contribution in [0, 0.1) is 6.92 Å². The van der Waals surface area contributed by atoms with Crippen LogP contribution in [0.15, 0.2) is 53.3 Å². The van der Waals surface area contributed by atoms with E-state index in [0.29, 0.717) is 19.1 Å². The van der Waals surface area contributed by atoms with Gasteiger partial charge in [0.1, 0.15) is 5.75 Å². The molecule has 1 fully saturated rings. The van der Waals surface area contributed by atoms with Gasteiger partial charge >= 0.3 is 0 Å². The third kappa shape index (κ3) is 5.59. The van der Waals surface area contributed by atoms with Crippen molar-refractivity contribution in [2.75, 3.05) is 7.11 Å². The number of nitrogens with zero attached hydrogens (tertiary/aromatic N) is 5. The lowest BCUT2D eigenvalue weighted by Crippen LogP contribution is -2.33. The van der Waals surface area contributed by atoms with E-state index in [9.17, 15) is 4.79 Å². The maximum Gasteiger partial charge on any atom is 0.252 e. The summed E-state index contributed by atoms with van der Waals surface area (Å²) in [7, 11) is 1.63. The molecule has 1 saturated carbocycles. The first kappa shape index (κ1) is 25.1. The highest BCUT2D eigenvalue weighted by atomic mass is 16.5. The van der Waals surface area contributed by atoms with E-state index in [0.717, 1.165) is 47.3 Å². The van der Waals surface area contributed by atoms with Gasteiger partial charge in [0, 0.05) is 24.7 Å². The van der Waals surface area contributed by atoms with Gasteiger partial charge in [-0.1, -0.05) is 56.0 Å². The molecule has 0 amide bonds. The Hall–Kier alpha value is -3.52. The highest BCUT2D eigenvalue weighted by Gasteiger charge is 2.29. The molecule has 1 aliphatic carbocycles.